The number of pyridine rings is 1. The molecule has 0 aliphatic heterocycles. The molecule has 0 fully saturated rings. The zero-order valence-electron chi connectivity index (χ0n) is 16.0. The van der Waals surface area contributed by atoms with Crippen molar-refractivity contribution in [3.8, 4) is 5.88 Å². The van der Waals surface area contributed by atoms with E-state index in [1.807, 2.05) is 51.3 Å². The third-order valence-electron chi connectivity index (χ3n) is 3.43. The highest BCUT2D eigenvalue weighted by molar-refractivity contribution is 7.10. The second kappa shape index (κ2) is 8.89. The molecule has 2 aromatic heterocycles. The van der Waals surface area contributed by atoms with Crippen LogP contribution >= 0.6 is 11.3 Å². The van der Waals surface area contributed by atoms with Crippen molar-refractivity contribution < 1.29 is 14.3 Å². The number of anilines is 2. The molecule has 0 spiro atoms. The summed E-state index contributed by atoms with van der Waals surface area (Å²) in [4.78, 5) is 17.2. The van der Waals surface area contributed by atoms with E-state index in [9.17, 15) is 4.79 Å². The maximum atomic E-state index is 11.7. The highest BCUT2D eigenvalue weighted by Crippen LogP contribution is 2.29. The van der Waals surface area contributed by atoms with Gasteiger partial charge in [-0.25, -0.2) is 9.78 Å². The van der Waals surface area contributed by atoms with Gasteiger partial charge >= 0.3 is 6.09 Å². The minimum Gasteiger partial charge on any atom is -0.473 e. The summed E-state index contributed by atoms with van der Waals surface area (Å²) in [5, 5.41) is 8.14. The molecule has 1 unspecified atom stereocenters. The van der Waals surface area contributed by atoms with Gasteiger partial charge in [0.1, 0.15) is 11.3 Å². The topological polar surface area (TPSA) is 72.5 Å². The number of rotatable bonds is 7. The number of ether oxygens (including phenoxy) is 2. The van der Waals surface area contributed by atoms with Crippen LogP contribution in [0.2, 0.25) is 0 Å². The average Bonchev–Trinajstić information content (AvgIpc) is 2.92. The lowest BCUT2D eigenvalue weighted by Crippen LogP contribution is -2.34. The van der Waals surface area contributed by atoms with E-state index in [0.29, 0.717) is 18.8 Å². The molecule has 0 saturated carbocycles. The Labute approximate surface area is 158 Å². The number of aromatic nitrogens is 1. The first-order valence-corrected chi connectivity index (χ1v) is 9.52. The summed E-state index contributed by atoms with van der Waals surface area (Å²) in [5.41, 5.74) is 1.37. The molecule has 142 valence electrons. The zero-order chi connectivity index (χ0) is 19.2. The van der Waals surface area contributed by atoms with Crippen molar-refractivity contribution in [1.29, 1.82) is 0 Å². The van der Waals surface area contributed by atoms with Crippen LogP contribution in [-0.2, 0) is 4.74 Å². The average molecular weight is 378 g/mol. The van der Waals surface area contributed by atoms with Crippen LogP contribution in [0.5, 0.6) is 5.88 Å². The molecule has 0 aliphatic carbocycles. The Morgan fingerprint density at radius 1 is 1.31 bits per heavy atom. The fourth-order valence-corrected chi connectivity index (χ4v) is 2.84. The van der Waals surface area contributed by atoms with Crippen LogP contribution in [0.1, 0.15) is 39.0 Å². The molecule has 0 aromatic carbocycles. The first-order valence-electron chi connectivity index (χ1n) is 8.64. The van der Waals surface area contributed by atoms with Crippen LogP contribution in [0.4, 0.5) is 16.2 Å². The molecule has 1 atom stereocenters. The lowest BCUT2D eigenvalue weighted by atomic mass is 10.2. The van der Waals surface area contributed by atoms with Gasteiger partial charge in [0.25, 0.3) is 0 Å². The van der Waals surface area contributed by atoms with Gasteiger partial charge in [-0.1, -0.05) is 0 Å². The minimum atomic E-state index is -0.499. The normalized spacial score (nSPS) is 12.3. The van der Waals surface area contributed by atoms with Crippen LogP contribution in [0.15, 0.2) is 29.8 Å². The second-order valence-electron chi connectivity index (χ2n) is 7.02. The van der Waals surface area contributed by atoms with E-state index in [1.54, 1.807) is 17.5 Å². The van der Waals surface area contributed by atoms with Gasteiger partial charge in [-0.15, -0.1) is 11.3 Å². The van der Waals surface area contributed by atoms with Gasteiger partial charge < -0.3 is 20.1 Å². The van der Waals surface area contributed by atoms with Gasteiger partial charge in [0.05, 0.1) is 11.8 Å². The van der Waals surface area contributed by atoms with Crippen molar-refractivity contribution in [3.05, 3.63) is 34.7 Å². The van der Waals surface area contributed by atoms with Crippen molar-refractivity contribution in [2.24, 2.45) is 0 Å². The Morgan fingerprint density at radius 3 is 2.73 bits per heavy atom. The van der Waals surface area contributed by atoms with Crippen LogP contribution in [-0.4, -0.2) is 29.3 Å². The van der Waals surface area contributed by atoms with Gasteiger partial charge in [-0.2, -0.15) is 0 Å². The van der Waals surface area contributed by atoms with E-state index in [0.717, 1.165) is 11.4 Å². The molecule has 2 rings (SSSR count). The Morgan fingerprint density at radius 2 is 2.08 bits per heavy atom. The van der Waals surface area contributed by atoms with Gasteiger partial charge in [0.15, 0.2) is 0 Å². The maximum Gasteiger partial charge on any atom is 0.407 e. The summed E-state index contributed by atoms with van der Waals surface area (Å²) in [6, 6.07) is 5.84. The molecule has 2 N–H and O–H groups in total. The van der Waals surface area contributed by atoms with Gasteiger partial charge in [0, 0.05) is 24.0 Å². The summed E-state index contributed by atoms with van der Waals surface area (Å²) in [6.45, 7) is 9.99. The highest BCUT2D eigenvalue weighted by Gasteiger charge is 2.16. The van der Waals surface area contributed by atoms with Gasteiger partial charge in [-0.3, -0.25) is 0 Å². The summed E-state index contributed by atoms with van der Waals surface area (Å²) in [7, 11) is 0. The third-order valence-corrected chi connectivity index (χ3v) is 4.28. The maximum absolute atomic E-state index is 11.7. The van der Waals surface area contributed by atoms with E-state index in [4.69, 9.17) is 9.47 Å². The summed E-state index contributed by atoms with van der Waals surface area (Å²) < 4.78 is 11.2. The number of thiophene rings is 1. The Kier molecular flexibility index (Phi) is 6.85. The molecule has 0 radical (unpaired) electrons. The molecular weight excluding hydrogens is 350 g/mol. The number of carbonyl (C=O) groups is 1. The molecule has 6 nitrogen and oxygen atoms in total. The van der Waals surface area contributed by atoms with Crippen molar-refractivity contribution >= 4 is 28.8 Å². The van der Waals surface area contributed by atoms with E-state index in [2.05, 4.69) is 22.5 Å². The van der Waals surface area contributed by atoms with Crippen LogP contribution in [0.25, 0.3) is 0 Å². The van der Waals surface area contributed by atoms with Gasteiger partial charge in [0.2, 0.25) is 5.88 Å². The predicted molar refractivity (Wildman–Crippen MR) is 106 cm³/mol. The van der Waals surface area contributed by atoms with Crippen LogP contribution < -0.4 is 15.4 Å². The lowest BCUT2D eigenvalue weighted by Gasteiger charge is -2.20. The molecule has 2 heterocycles. The SMILES string of the molecule is Cc1sccc1Nc1cccnc1OC(C)CCNC(=O)OC(C)(C)C. The van der Waals surface area contributed by atoms with Gasteiger partial charge in [-0.05, 0) is 58.2 Å². The summed E-state index contributed by atoms with van der Waals surface area (Å²) in [5.74, 6) is 0.544. The Hall–Kier alpha value is -2.28. The van der Waals surface area contributed by atoms with E-state index < -0.39 is 11.7 Å². The summed E-state index contributed by atoms with van der Waals surface area (Å²) in [6.07, 6.45) is 1.82. The fourth-order valence-electron chi connectivity index (χ4n) is 2.18. The molecule has 0 saturated heterocycles. The number of alkyl carbamates (subject to hydrolysis) is 1. The fraction of sp³-hybridized carbons (Fsp3) is 0.474. The zero-order valence-corrected chi connectivity index (χ0v) is 16.8. The number of hydrogen-bond donors (Lipinski definition) is 2. The van der Waals surface area contributed by atoms with E-state index in [1.165, 1.54) is 4.88 Å². The monoisotopic (exact) mass is 377 g/mol. The standard InChI is InChI=1S/C19H27N3O3S/c1-13(8-11-21-18(23)25-19(3,4)5)24-17-16(7-6-10-20-17)22-15-9-12-26-14(15)2/h6-7,9-10,12-13,22H,8,11H2,1-5H3,(H,21,23). The number of nitrogens with zero attached hydrogens (tertiary/aromatic N) is 1. The summed E-state index contributed by atoms with van der Waals surface area (Å²) >= 11 is 1.69. The molecule has 26 heavy (non-hydrogen) atoms. The molecule has 0 aliphatic rings. The van der Waals surface area contributed by atoms with E-state index in [-0.39, 0.29) is 6.10 Å². The first kappa shape index (κ1) is 20.0. The highest BCUT2D eigenvalue weighted by atomic mass is 32.1. The van der Waals surface area contributed by atoms with Crippen LogP contribution in [0.3, 0.4) is 0 Å². The predicted octanol–water partition coefficient (Wildman–Crippen LogP) is 4.88. The second-order valence-corrected chi connectivity index (χ2v) is 8.14. The number of nitrogens with one attached hydrogen (secondary N) is 2. The molecule has 1 amide bonds. The largest absolute Gasteiger partial charge is 0.473 e. The Balaban J connectivity index is 1.86. The first-order chi connectivity index (χ1) is 12.2. The quantitative estimate of drug-likeness (QED) is 0.720. The van der Waals surface area contributed by atoms with Crippen molar-refractivity contribution in [2.45, 2.75) is 52.7 Å². The van der Waals surface area contributed by atoms with Crippen molar-refractivity contribution in [1.82, 2.24) is 10.3 Å². The van der Waals surface area contributed by atoms with E-state index >= 15 is 0 Å². The van der Waals surface area contributed by atoms with Crippen molar-refractivity contribution in [2.75, 3.05) is 11.9 Å². The molecule has 0 bridgehead atoms. The minimum absolute atomic E-state index is 0.107. The third kappa shape index (κ3) is 6.55. The smallest absolute Gasteiger partial charge is 0.407 e. The number of amides is 1. The molecule has 7 heteroatoms. The molecule has 2 aromatic rings. The lowest BCUT2D eigenvalue weighted by molar-refractivity contribution is 0.0521. The Bertz CT molecular complexity index is 725. The van der Waals surface area contributed by atoms with Crippen molar-refractivity contribution in [3.63, 3.8) is 0 Å². The number of hydrogen-bond acceptors (Lipinski definition) is 6. The number of aryl methyl sites for hydroxylation is 1. The number of carbonyl (C=O) groups excluding carboxylic acids is 1. The van der Waals surface area contributed by atoms with Crippen LogP contribution in [0, 0.1) is 6.92 Å². The molecular formula is C19H27N3O3S.